The van der Waals surface area contributed by atoms with Crippen LogP contribution in [0.2, 0.25) is 0 Å². The molecule has 0 aromatic heterocycles. The topological polar surface area (TPSA) is 95.6 Å². The van der Waals surface area contributed by atoms with Crippen LogP contribution in [-0.4, -0.2) is 26.8 Å². The molecule has 4 aromatic rings. The van der Waals surface area contributed by atoms with Crippen LogP contribution in [-0.2, 0) is 14.8 Å². The van der Waals surface area contributed by atoms with Crippen LogP contribution in [0, 0.1) is 13.8 Å². The summed E-state index contributed by atoms with van der Waals surface area (Å²) >= 11 is 0. The Morgan fingerprint density at radius 1 is 0.857 bits per heavy atom. The number of benzene rings is 4. The lowest BCUT2D eigenvalue weighted by atomic mass is 10.1. The van der Waals surface area contributed by atoms with E-state index < -0.39 is 10.0 Å². The second kappa shape index (κ2) is 8.56. The average Bonchev–Trinajstić information content (AvgIpc) is 3.10. The molecule has 1 aliphatic heterocycles. The van der Waals surface area contributed by atoms with E-state index in [1.54, 1.807) is 6.07 Å². The maximum atomic E-state index is 12.9. The van der Waals surface area contributed by atoms with Gasteiger partial charge in [-0.3, -0.25) is 19.2 Å². The predicted octanol–water partition coefficient (Wildman–Crippen LogP) is 4.86. The lowest BCUT2D eigenvalue weighted by Crippen LogP contribution is -2.35. The van der Waals surface area contributed by atoms with Gasteiger partial charge in [-0.05, 0) is 66.8 Å². The van der Waals surface area contributed by atoms with Gasteiger partial charge in [-0.25, -0.2) is 8.42 Å². The van der Waals surface area contributed by atoms with Gasteiger partial charge in [-0.15, -0.1) is 0 Å². The smallest absolute Gasteiger partial charge is 0.261 e. The Balaban J connectivity index is 1.29. The summed E-state index contributed by atoms with van der Waals surface area (Å²) in [4.78, 5) is 27.2. The van der Waals surface area contributed by atoms with Crippen LogP contribution < -0.4 is 14.9 Å². The molecule has 0 saturated carbocycles. The fourth-order valence-electron chi connectivity index (χ4n) is 4.37. The molecule has 2 amide bonds. The van der Waals surface area contributed by atoms with E-state index in [0.29, 0.717) is 22.6 Å². The minimum atomic E-state index is -3.80. The van der Waals surface area contributed by atoms with Crippen molar-refractivity contribution in [1.29, 1.82) is 0 Å². The average molecular weight is 486 g/mol. The summed E-state index contributed by atoms with van der Waals surface area (Å²) in [6.07, 6.45) is 0. The fourth-order valence-corrected chi connectivity index (χ4v) is 5.57. The first-order chi connectivity index (χ1) is 16.7. The molecule has 4 aromatic carbocycles. The van der Waals surface area contributed by atoms with Crippen molar-refractivity contribution in [3.05, 3.63) is 95.6 Å². The number of nitrogens with one attached hydrogen (secondary N) is 2. The molecule has 0 unspecified atom stereocenters. The number of para-hydroxylation sites is 1. The summed E-state index contributed by atoms with van der Waals surface area (Å²) in [5.74, 6) is -0.599. The van der Waals surface area contributed by atoms with Crippen LogP contribution >= 0.6 is 0 Å². The van der Waals surface area contributed by atoms with Crippen molar-refractivity contribution < 1.29 is 18.0 Å². The highest BCUT2D eigenvalue weighted by Gasteiger charge is 2.30. The molecule has 0 radical (unpaired) electrons. The molecule has 0 fully saturated rings. The molecule has 8 heteroatoms. The Bertz CT molecular complexity index is 1570. The van der Waals surface area contributed by atoms with Crippen LogP contribution in [0.15, 0.2) is 83.8 Å². The molecule has 0 aliphatic carbocycles. The third-order valence-electron chi connectivity index (χ3n) is 6.12. The summed E-state index contributed by atoms with van der Waals surface area (Å²) in [5.41, 5.74) is 3.92. The molecule has 0 bridgehead atoms. The van der Waals surface area contributed by atoms with Crippen LogP contribution in [0.5, 0.6) is 0 Å². The van der Waals surface area contributed by atoms with E-state index in [1.165, 1.54) is 29.2 Å². The predicted molar refractivity (Wildman–Crippen MR) is 137 cm³/mol. The highest BCUT2D eigenvalue weighted by Crippen LogP contribution is 2.37. The quantitative estimate of drug-likeness (QED) is 0.408. The Kier molecular flexibility index (Phi) is 5.53. The normalized spacial score (nSPS) is 12.7. The second-order valence-corrected chi connectivity index (χ2v) is 10.2. The summed E-state index contributed by atoms with van der Waals surface area (Å²) in [5, 5.41) is 4.54. The maximum absolute atomic E-state index is 12.9. The number of anilines is 3. The van der Waals surface area contributed by atoms with Gasteiger partial charge >= 0.3 is 0 Å². The van der Waals surface area contributed by atoms with Gasteiger partial charge in [0.2, 0.25) is 5.91 Å². The monoisotopic (exact) mass is 485 g/mol. The van der Waals surface area contributed by atoms with E-state index >= 15 is 0 Å². The molecule has 1 heterocycles. The van der Waals surface area contributed by atoms with Gasteiger partial charge in [0.05, 0.1) is 16.3 Å². The number of rotatable bonds is 6. The molecule has 35 heavy (non-hydrogen) atoms. The van der Waals surface area contributed by atoms with Gasteiger partial charge < -0.3 is 5.32 Å². The zero-order valence-electron chi connectivity index (χ0n) is 19.2. The number of amides is 2. The molecule has 0 saturated heterocycles. The van der Waals surface area contributed by atoms with E-state index in [9.17, 15) is 18.0 Å². The highest BCUT2D eigenvalue weighted by atomic mass is 32.2. The van der Waals surface area contributed by atoms with E-state index in [4.69, 9.17) is 0 Å². The molecule has 2 N–H and O–H groups in total. The van der Waals surface area contributed by atoms with Crippen LogP contribution in [0.1, 0.15) is 21.5 Å². The van der Waals surface area contributed by atoms with Crippen LogP contribution in [0.4, 0.5) is 17.1 Å². The van der Waals surface area contributed by atoms with Crippen molar-refractivity contribution in [3.63, 3.8) is 0 Å². The van der Waals surface area contributed by atoms with Gasteiger partial charge in [0.25, 0.3) is 15.9 Å². The molecular formula is C27H23N3O4S. The Hall–Kier alpha value is -4.17. The molecule has 7 nitrogen and oxygen atoms in total. The van der Waals surface area contributed by atoms with Crippen molar-refractivity contribution in [3.8, 4) is 0 Å². The summed E-state index contributed by atoms with van der Waals surface area (Å²) in [6, 6.07) is 22.6. The number of sulfonamides is 1. The van der Waals surface area contributed by atoms with Crippen LogP contribution in [0.25, 0.3) is 10.8 Å². The molecule has 5 rings (SSSR count). The van der Waals surface area contributed by atoms with Crippen LogP contribution in [0.3, 0.4) is 0 Å². The van der Waals surface area contributed by atoms with Gasteiger partial charge in [0.1, 0.15) is 6.54 Å². The van der Waals surface area contributed by atoms with Gasteiger partial charge in [0.15, 0.2) is 0 Å². The third kappa shape index (κ3) is 4.13. The van der Waals surface area contributed by atoms with E-state index in [2.05, 4.69) is 10.0 Å². The summed E-state index contributed by atoms with van der Waals surface area (Å²) in [6.45, 7) is 3.53. The second-order valence-electron chi connectivity index (χ2n) is 8.52. The van der Waals surface area contributed by atoms with E-state index in [1.807, 2.05) is 62.4 Å². The van der Waals surface area contributed by atoms with Gasteiger partial charge in [-0.2, -0.15) is 0 Å². The number of aryl methyl sites for hydroxylation is 2. The van der Waals surface area contributed by atoms with Crippen molar-refractivity contribution in [1.82, 2.24) is 0 Å². The minimum Gasteiger partial charge on any atom is -0.325 e. The number of nitrogens with zero attached hydrogens (tertiary/aromatic N) is 1. The van der Waals surface area contributed by atoms with Crippen molar-refractivity contribution in [2.75, 3.05) is 21.5 Å². The van der Waals surface area contributed by atoms with Gasteiger partial charge in [-0.1, -0.05) is 42.5 Å². The molecule has 1 aliphatic rings. The fraction of sp³-hybridized carbons (Fsp3) is 0.111. The zero-order valence-corrected chi connectivity index (χ0v) is 20.0. The Labute approximate surface area is 203 Å². The number of hydrogen-bond acceptors (Lipinski definition) is 4. The standard InChI is InChI=1S/C27H23N3O4S/c1-17-6-3-7-18(2)26(17)29-35(33,34)21-14-12-20(13-15-21)28-24(31)16-30-23-11-5-9-19-8-4-10-22(25(19)23)27(30)32/h3-15,29H,16H2,1-2H3,(H,28,31). The first-order valence-electron chi connectivity index (χ1n) is 11.1. The number of hydrogen-bond donors (Lipinski definition) is 2. The zero-order chi connectivity index (χ0) is 24.7. The molecule has 0 spiro atoms. The van der Waals surface area contributed by atoms with Crippen molar-refractivity contribution >= 4 is 49.7 Å². The number of carbonyl (C=O) groups excluding carboxylic acids is 2. The third-order valence-corrected chi connectivity index (χ3v) is 7.48. The van der Waals surface area contributed by atoms with Crippen molar-refractivity contribution in [2.24, 2.45) is 0 Å². The highest BCUT2D eigenvalue weighted by molar-refractivity contribution is 7.92. The molecule has 0 atom stereocenters. The van der Waals surface area contributed by atoms with E-state index in [0.717, 1.165) is 21.9 Å². The van der Waals surface area contributed by atoms with E-state index in [-0.39, 0.29) is 23.3 Å². The summed E-state index contributed by atoms with van der Waals surface area (Å²) < 4.78 is 28.4. The first-order valence-corrected chi connectivity index (χ1v) is 12.6. The lowest BCUT2D eigenvalue weighted by Gasteiger charge is -2.17. The maximum Gasteiger partial charge on any atom is 0.261 e. The summed E-state index contributed by atoms with van der Waals surface area (Å²) in [7, 11) is -3.80. The van der Waals surface area contributed by atoms with Crippen molar-refractivity contribution in [2.45, 2.75) is 18.7 Å². The molecule has 176 valence electrons. The largest absolute Gasteiger partial charge is 0.325 e. The Morgan fingerprint density at radius 3 is 2.17 bits per heavy atom. The molecular weight excluding hydrogens is 462 g/mol. The number of carbonyl (C=O) groups is 2. The minimum absolute atomic E-state index is 0.0787. The van der Waals surface area contributed by atoms with Gasteiger partial charge in [0, 0.05) is 16.6 Å². The first kappa shape index (κ1) is 22.6. The lowest BCUT2D eigenvalue weighted by molar-refractivity contribution is -0.114. The SMILES string of the molecule is Cc1cccc(C)c1NS(=O)(=O)c1ccc(NC(=O)CN2C(=O)c3cccc4cccc2c34)cc1. The Morgan fingerprint density at radius 2 is 1.49 bits per heavy atom.